The van der Waals surface area contributed by atoms with Gasteiger partial charge >= 0.3 is 0 Å². The molecule has 0 saturated carbocycles. The highest BCUT2D eigenvalue weighted by Gasteiger charge is 2.52. The lowest BCUT2D eigenvalue weighted by Gasteiger charge is -2.49. The summed E-state index contributed by atoms with van der Waals surface area (Å²) in [5.74, 6) is 0. The first-order valence-electron chi connectivity index (χ1n) is 5.58. The lowest BCUT2D eigenvalue weighted by molar-refractivity contribution is -0.102. The van der Waals surface area contributed by atoms with Crippen molar-refractivity contribution in [2.24, 2.45) is 5.41 Å². The third kappa shape index (κ3) is 1.44. The van der Waals surface area contributed by atoms with Gasteiger partial charge in [0.25, 0.3) is 0 Å². The number of nitrogens with zero attached hydrogens (tertiary/aromatic N) is 1. The van der Waals surface area contributed by atoms with Crippen LogP contribution in [0.25, 0.3) is 0 Å². The van der Waals surface area contributed by atoms with Gasteiger partial charge in [-0.3, -0.25) is 0 Å². The van der Waals surface area contributed by atoms with Crippen LogP contribution in [0.15, 0.2) is 24.3 Å². The van der Waals surface area contributed by atoms with Crippen molar-refractivity contribution in [2.45, 2.75) is 26.2 Å². The van der Waals surface area contributed by atoms with E-state index < -0.39 is 0 Å². The van der Waals surface area contributed by atoms with Gasteiger partial charge < -0.3 is 4.74 Å². The third-order valence-corrected chi connectivity index (χ3v) is 3.74. The number of aryl methyl sites for hydroxylation is 1. The molecule has 0 aliphatic carbocycles. The molecule has 1 heterocycles. The average molecular weight is 215 g/mol. The van der Waals surface area contributed by atoms with Crippen LogP contribution in [-0.2, 0) is 10.2 Å². The minimum atomic E-state index is -0.390. The molecule has 0 atom stereocenters. The van der Waals surface area contributed by atoms with E-state index in [2.05, 4.69) is 37.3 Å². The summed E-state index contributed by atoms with van der Waals surface area (Å²) in [7, 11) is 0. The Labute approximate surface area is 96.9 Å². The minimum absolute atomic E-state index is 0.131. The highest BCUT2D eigenvalue weighted by molar-refractivity contribution is 5.36. The van der Waals surface area contributed by atoms with Gasteiger partial charge in [-0.25, -0.2) is 0 Å². The van der Waals surface area contributed by atoms with Crippen LogP contribution in [-0.4, -0.2) is 13.2 Å². The molecule has 16 heavy (non-hydrogen) atoms. The minimum Gasteiger partial charge on any atom is -0.379 e. The molecule has 84 valence electrons. The number of benzene rings is 1. The summed E-state index contributed by atoms with van der Waals surface area (Å²) in [4.78, 5) is 0. The van der Waals surface area contributed by atoms with E-state index in [-0.39, 0.29) is 10.8 Å². The SMILES string of the molecule is Cc1cccc(C2(C(C)(C)C#N)COC2)c1. The van der Waals surface area contributed by atoms with Crippen molar-refractivity contribution >= 4 is 0 Å². The first-order chi connectivity index (χ1) is 7.52. The average Bonchev–Trinajstić information content (AvgIpc) is 2.15. The highest BCUT2D eigenvalue weighted by Crippen LogP contribution is 2.47. The van der Waals surface area contributed by atoms with E-state index in [1.165, 1.54) is 11.1 Å². The molecule has 1 aromatic carbocycles. The Kier molecular flexibility index (Phi) is 2.52. The zero-order valence-corrected chi connectivity index (χ0v) is 10.1. The van der Waals surface area contributed by atoms with E-state index in [9.17, 15) is 5.26 Å². The molecule has 1 aliphatic rings. The highest BCUT2D eigenvalue weighted by atomic mass is 16.5. The zero-order chi connectivity index (χ0) is 11.8. The standard InChI is InChI=1S/C14H17NO/c1-11-5-4-6-12(7-11)14(9-16-10-14)13(2,3)8-15/h4-7H,9-10H2,1-3H3. The molecule has 0 bridgehead atoms. The predicted octanol–water partition coefficient (Wildman–Crippen LogP) is 2.81. The number of ether oxygens (including phenoxy) is 1. The lowest BCUT2D eigenvalue weighted by atomic mass is 9.61. The fourth-order valence-corrected chi connectivity index (χ4v) is 2.24. The summed E-state index contributed by atoms with van der Waals surface area (Å²) in [5.41, 5.74) is 1.94. The maximum Gasteiger partial charge on any atom is 0.0695 e. The van der Waals surface area contributed by atoms with Gasteiger partial charge in [-0.2, -0.15) is 5.26 Å². The normalized spacial score (nSPS) is 18.6. The zero-order valence-electron chi connectivity index (χ0n) is 10.1. The van der Waals surface area contributed by atoms with E-state index >= 15 is 0 Å². The molecule has 0 spiro atoms. The van der Waals surface area contributed by atoms with Crippen LogP contribution in [0.4, 0.5) is 0 Å². The van der Waals surface area contributed by atoms with E-state index in [1.807, 2.05) is 13.8 Å². The molecule has 0 amide bonds. The van der Waals surface area contributed by atoms with Crippen LogP contribution in [0.5, 0.6) is 0 Å². The molecule has 0 N–H and O–H groups in total. The van der Waals surface area contributed by atoms with Crippen LogP contribution in [0.3, 0.4) is 0 Å². The summed E-state index contributed by atoms with van der Waals surface area (Å²) < 4.78 is 5.37. The molecule has 1 aliphatic heterocycles. The smallest absolute Gasteiger partial charge is 0.0695 e. The Morgan fingerprint density at radius 3 is 2.50 bits per heavy atom. The van der Waals surface area contributed by atoms with Crippen molar-refractivity contribution in [1.29, 1.82) is 5.26 Å². The van der Waals surface area contributed by atoms with Gasteiger partial charge in [0.15, 0.2) is 0 Å². The maximum atomic E-state index is 9.32. The van der Waals surface area contributed by atoms with Gasteiger partial charge in [0.2, 0.25) is 0 Å². The van der Waals surface area contributed by atoms with Crippen molar-refractivity contribution in [1.82, 2.24) is 0 Å². The molecule has 1 aromatic rings. The fraction of sp³-hybridized carbons (Fsp3) is 0.500. The van der Waals surface area contributed by atoms with Crippen molar-refractivity contribution in [3.05, 3.63) is 35.4 Å². The first-order valence-corrected chi connectivity index (χ1v) is 5.58. The molecule has 0 aromatic heterocycles. The number of rotatable bonds is 2. The Balaban J connectivity index is 2.48. The van der Waals surface area contributed by atoms with E-state index in [0.717, 1.165) is 0 Å². The molecule has 2 nitrogen and oxygen atoms in total. The summed E-state index contributed by atoms with van der Waals surface area (Å²) in [6.45, 7) is 7.37. The molecule has 1 fully saturated rings. The van der Waals surface area contributed by atoms with Crippen molar-refractivity contribution in [3.63, 3.8) is 0 Å². The molecule has 1 saturated heterocycles. The van der Waals surface area contributed by atoms with Gasteiger partial charge in [0.05, 0.1) is 30.1 Å². The maximum absolute atomic E-state index is 9.32. The second kappa shape index (κ2) is 3.61. The molecule has 0 unspecified atom stereocenters. The number of hydrogen-bond donors (Lipinski definition) is 0. The fourth-order valence-electron chi connectivity index (χ4n) is 2.24. The molecular weight excluding hydrogens is 198 g/mol. The van der Waals surface area contributed by atoms with Crippen LogP contribution in [0.1, 0.15) is 25.0 Å². The Morgan fingerprint density at radius 1 is 1.38 bits per heavy atom. The van der Waals surface area contributed by atoms with E-state index in [4.69, 9.17) is 4.74 Å². The molecular formula is C14H17NO. The lowest BCUT2D eigenvalue weighted by Crippen LogP contribution is -2.56. The topological polar surface area (TPSA) is 33.0 Å². The largest absolute Gasteiger partial charge is 0.379 e. The van der Waals surface area contributed by atoms with Gasteiger partial charge in [-0.15, -0.1) is 0 Å². The third-order valence-electron chi connectivity index (χ3n) is 3.74. The van der Waals surface area contributed by atoms with Crippen LogP contribution in [0.2, 0.25) is 0 Å². The van der Waals surface area contributed by atoms with Crippen molar-refractivity contribution in [3.8, 4) is 6.07 Å². The second-order valence-corrected chi connectivity index (χ2v) is 5.18. The Morgan fingerprint density at radius 2 is 2.06 bits per heavy atom. The molecule has 2 rings (SSSR count). The van der Waals surface area contributed by atoms with Gasteiger partial charge in [0, 0.05) is 0 Å². The monoisotopic (exact) mass is 215 g/mol. The molecule has 2 heteroatoms. The predicted molar refractivity (Wildman–Crippen MR) is 63.1 cm³/mol. The summed E-state index contributed by atoms with van der Waals surface area (Å²) in [5, 5.41) is 9.32. The van der Waals surface area contributed by atoms with Gasteiger partial charge in [0.1, 0.15) is 0 Å². The van der Waals surface area contributed by atoms with Crippen molar-refractivity contribution < 1.29 is 4.74 Å². The van der Waals surface area contributed by atoms with Gasteiger partial charge in [-0.05, 0) is 26.3 Å². The molecule has 0 radical (unpaired) electrons. The van der Waals surface area contributed by atoms with Crippen LogP contribution < -0.4 is 0 Å². The first kappa shape index (κ1) is 11.2. The quantitative estimate of drug-likeness (QED) is 0.760. The Hall–Kier alpha value is -1.33. The van der Waals surface area contributed by atoms with Crippen LogP contribution >= 0.6 is 0 Å². The Bertz CT molecular complexity index is 438. The van der Waals surface area contributed by atoms with E-state index in [0.29, 0.717) is 13.2 Å². The second-order valence-electron chi connectivity index (χ2n) is 5.18. The van der Waals surface area contributed by atoms with Crippen LogP contribution in [0, 0.1) is 23.7 Å². The summed E-state index contributed by atoms with van der Waals surface area (Å²) >= 11 is 0. The van der Waals surface area contributed by atoms with E-state index in [1.54, 1.807) is 0 Å². The number of nitriles is 1. The van der Waals surface area contributed by atoms with Crippen molar-refractivity contribution in [2.75, 3.05) is 13.2 Å². The number of hydrogen-bond acceptors (Lipinski definition) is 2. The summed E-state index contributed by atoms with van der Waals surface area (Å²) in [6.07, 6.45) is 0. The summed E-state index contributed by atoms with van der Waals surface area (Å²) in [6, 6.07) is 10.8. The van der Waals surface area contributed by atoms with Gasteiger partial charge in [-0.1, -0.05) is 29.8 Å².